The molecule has 0 fully saturated rings. The van der Waals surface area contributed by atoms with Crippen LogP contribution in [0.15, 0.2) is 22.9 Å². The van der Waals surface area contributed by atoms with Gasteiger partial charge in [-0.25, -0.2) is 8.78 Å². The highest BCUT2D eigenvalue weighted by atomic mass is 79.9. The van der Waals surface area contributed by atoms with E-state index in [-0.39, 0.29) is 14.9 Å². The Balaban J connectivity index is 2.69. The summed E-state index contributed by atoms with van der Waals surface area (Å²) in [5.41, 5.74) is 0.141. The largest absolute Gasteiger partial charge is 0.272 e. The standard InChI is InChI=1S/C8H4BrF2N3S/c9-4-1-7(6(11)2-5(4)10)14-3-12-13-8(14)15/h1-3H,(H,13,15). The second kappa shape index (κ2) is 3.82. The summed E-state index contributed by atoms with van der Waals surface area (Å²) in [4.78, 5) is 0. The first-order valence-corrected chi connectivity index (χ1v) is 5.06. The van der Waals surface area contributed by atoms with Crippen LogP contribution in [0.5, 0.6) is 0 Å². The predicted octanol–water partition coefficient (Wildman–Crippen LogP) is 2.97. The minimum Gasteiger partial charge on any atom is -0.272 e. The molecule has 0 aliphatic rings. The summed E-state index contributed by atoms with van der Waals surface area (Å²) in [7, 11) is 0. The molecule has 1 N–H and O–H groups in total. The van der Waals surface area contributed by atoms with E-state index in [4.69, 9.17) is 12.2 Å². The van der Waals surface area contributed by atoms with Crippen LogP contribution in [0.2, 0.25) is 0 Å². The van der Waals surface area contributed by atoms with Crippen molar-refractivity contribution in [3.05, 3.63) is 39.3 Å². The van der Waals surface area contributed by atoms with Crippen molar-refractivity contribution >= 4 is 28.1 Å². The van der Waals surface area contributed by atoms with E-state index in [0.717, 1.165) is 6.07 Å². The molecule has 1 heterocycles. The third-order valence-electron chi connectivity index (χ3n) is 1.80. The Bertz CT molecular complexity index is 563. The molecule has 78 valence electrons. The minimum absolute atomic E-state index is 0.141. The Morgan fingerprint density at radius 2 is 2.07 bits per heavy atom. The van der Waals surface area contributed by atoms with Gasteiger partial charge in [-0.3, -0.25) is 9.67 Å². The molecule has 1 aromatic carbocycles. The molecule has 0 unspecified atom stereocenters. The van der Waals surface area contributed by atoms with Gasteiger partial charge in [0.05, 0.1) is 10.2 Å². The average Bonchev–Trinajstić information content (AvgIpc) is 2.58. The summed E-state index contributed by atoms with van der Waals surface area (Å²) < 4.78 is 28.1. The van der Waals surface area contributed by atoms with E-state index in [9.17, 15) is 8.78 Å². The summed E-state index contributed by atoms with van der Waals surface area (Å²) in [6.45, 7) is 0. The molecule has 7 heteroatoms. The van der Waals surface area contributed by atoms with Crippen LogP contribution >= 0.6 is 28.1 Å². The zero-order valence-electron chi connectivity index (χ0n) is 7.17. The maximum atomic E-state index is 13.4. The van der Waals surface area contributed by atoms with Gasteiger partial charge in [0.1, 0.15) is 18.0 Å². The van der Waals surface area contributed by atoms with Gasteiger partial charge in [0.2, 0.25) is 0 Å². The molecule has 0 spiro atoms. The number of hydrogen-bond acceptors (Lipinski definition) is 2. The topological polar surface area (TPSA) is 33.6 Å². The fourth-order valence-electron chi connectivity index (χ4n) is 1.12. The lowest BCUT2D eigenvalue weighted by molar-refractivity contribution is 0.573. The Hall–Kier alpha value is -1.08. The molecule has 15 heavy (non-hydrogen) atoms. The maximum absolute atomic E-state index is 13.4. The summed E-state index contributed by atoms with van der Waals surface area (Å²) in [5.74, 6) is -1.36. The number of rotatable bonds is 1. The number of halogens is 3. The fraction of sp³-hybridized carbons (Fsp3) is 0. The number of benzene rings is 1. The van der Waals surface area contributed by atoms with Crippen molar-refractivity contribution < 1.29 is 8.78 Å². The van der Waals surface area contributed by atoms with Gasteiger partial charge >= 0.3 is 0 Å². The van der Waals surface area contributed by atoms with Gasteiger partial charge in [-0.05, 0) is 34.2 Å². The summed E-state index contributed by atoms with van der Waals surface area (Å²) in [5, 5.41) is 6.13. The molecule has 0 aliphatic heterocycles. The van der Waals surface area contributed by atoms with E-state index in [1.54, 1.807) is 0 Å². The predicted molar refractivity (Wildman–Crippen MR) is 56.4 cm³/mol. The van der Waals surface area contributed by atoms with Crippen molar-refractivity contribution in [2.45, 2.75) is 0 Å². The van der Waals surface area contributed by atoms with Crippen LogP contribution in [0.1, 0.15) is 0 Å². The highest BCUT2D eigenvalue weighted by Crippen LogP contribution is 2.22. The van der Waals surface area contributed by atoms with Crippen molar-refractivity contribution in [3.63, 3.8) is 0 Å². The van der Waals surface area contributed by atoms with Crippen molar-refractivity contribution in [1.29, 1.82) is 0 Å². The third-order valence-corrected chi connectivity index (χ3v) is 2.70. The molecule has 2 aromatic rings. The number of aromatic amines is 1. The number of nitrogens with one attached hydrogen (secondary N) is 1. The molecule has 1 aromatic heterocycles. The van der Waals surface area contributed by atoms with Gasteiger partial charge in [-0.2, -0.15) is 5.10 Å². The lowest BCUT2D eigenvalue weighted by atomic mass is 10.3. The molecule has 0 atom stereocenters. The first kappa shape index (κ1) is 10.4. The molecular formula is C8H4BrF2N3S. The molecule has 0 bridgehead atoms. The molecule has 0 saturated heterocycles. The van der Waals surface area contributed by atoms with Crippen molar-refractivity contribution in [2.75, 3.05) is 0 Å². The zero-order valence-corrected chi connectivity index (χ0v) is 9.57. The Kier molecular flexibility index (Phi) is 2.66. The van der Waals surface area contributed by atoms with E-state index in [0.29, 0.717) is 0 Å². The van der Waals surface area contributed by atoms with E-state index in [1.807, 2.05) is 0 Å². The van der Waals surface area contributed by atoms with Gasteiger partial charge < -0.3 is 0 Å². The Labute approximate surface area is 96.9 Å². The van der Waals surface area contributed by atoms with Crippen LogP contribution < -0.4 is 0 Å². The Morgan fingerprint density at radius 1 is 1.33 bits per heavy atom. The Morgan fingerprint density at radius 3 is 2.67 bits per heavy atom. The van der Waals surface area contributed by atoms with Crippen molar-refractivity contribution in [2.24, 2.45) is 0 Å². The van der Waals surface area contributed by atoms with E-state index in [2.05, 4.69) is 26.1 Å². The van der Waals surface area contributed by atoms with E-state index in [1.165, 1.54) is 17.0 Å². The van der Waals surface area contributed by atoms with Crippen LogP contribution in [-0.4, -0.2) is 14.8 Å². The average molecular weight is 292 g/mol. The number of hydrogen-bond donors (Lipinski definition) is 1. The summed E-state index contributed by atoms with van der Waals surface area (Å²) in [6, 6.07) is 2.09. The molecule has 0 amide bonds. The third kappa shape index (κ3) is 1.84. The SMILES string of the molecule is Fc1cc(F)c(-n2cn[nH]c2=S)cc1Br. The monoisotopic (exact) mass is 291 g/mol. The van der Waals surface area contributed by atoms with Crippen molar-refractivity contribution in [3.8, 4) is 5.69 Å². The van der Waals surface area contributed by atoms with Crippen LogP contribution in [0.3, 0.4) is 0 Å². The number of aromatic nitrogens is 3. The highest BCUT2D eigenvalue weighted by Gasteiger charge is 2.10. The number of nitrogens with zero attached hydrogens (tertiary/aromatic N) is 2. The zero-order chi connectivity index (χ0) is 11.0. The second-order valence-corrected chi connectivity index (χ2v) is 3.99. The van der Waals surface area contributed by atoms with Crippen LogP contribution in [0, 0.1) is 16.4 Å². The van der Waals surface area contributed by atoms with E-state index < -0.39 is 11.6 Å². The molecule has 0 saturated carbocycles. The molecule has 0 radical (unpaired) electrons. The van der Waals surface area contributed by atoms with Crippen LogP contribution in [0.4, 0.5) is 8.78 Å². The van der Waals surface area contributed by atoms with Crippen molar-refractivity contribution in [1.82, 2.24) is 14.8 Å². The lowest BCUT2D eigenvalue weighted by Crippen LogP contribution is -1.97. The van der Waals surface area contributed by atoms with Gasteiger partial charge in [0.25, 0.3) is 0 Å². The first-order valence-electron chi connectivity index (χ1n) is 3.86. The highest BCUT2D eigenvalue weighted by molar-refractivity contribution is 9.10. The van der Waals surface area contributed by atoms with Crippen LogP contribution in [-0.2, 0) is 0 Å². The minimum atomic E-state index is -0.701. The molecule has 3 nitrogen and oxygen atoms in total. The lowest BCUT2D eigenvalue weighted by Gasteiger charge is -2.04. The van der Waals surface area contributed by atoms with Gasteiger partial charge in [-0.15, -0.1) is 0 Å². The summed E-state index contributed by atoms with van der Waals surface area (Å²) in [6.07, 6.45) is 1.32. The van der Waals surface area contributed by atoms with Gasteiger partial charge in [-0.1, -0.05) is 0 Å². The maximum Gasteiger partial charge on any atom is 0.199 e. The normalized spacial score (nSPS) is 10.6. The summed E-state index contributed by atoms with van der Waals surface area (Å²) >= 11 is 7.84. The smallest absolute Gasteiger partial charge is 0.199 e. The van der Waals surface area contributed by atoms with Gasteiger partial charge in [0.15, 0.2) is 4.77 Å². The molecule has 0 aliphatic carbocycles. The fourth-order valence-corrected chi connectivity index (χ4v) is 1.65. The quantitative estimate of drug-likeness (QED) is 0.647. The first-order chi connectivity index (χ1) is 7.09. The number of H-pyrrole nitrogens is 1. The molecular weight excluding hydrogens is 288 g/mol. The van der Waals surface area contributed by atoms with E-state index >= 15 is 0 Å². The van der Waals surface area contributed by atoms with Gasteiger partial charge in [0, 0.05) is 6.07 Å². The molecule has 2 rings (SSSR count). The second-order valence-electron chi connectivity index (χ2n) is 2.75. The van der Waals surface area contributed by atoms with Crippen LogP contribution in [0.25, 0.3) is 5.69 Å².